The number of rotatable bonds is 7. The Morgan fingerprint density at radius 1 is 1.20 bits per heavy atom. The van der Waals surface area contributed by atoms with Gasteiger partial charge in [-0.1, -0.05) is 18.2 Å². The number of hydrogen-bond donors (Lipinski definition) is 3. The summed E-state index contributed by atoms with van der Waals surface area (Å²) in [4.78, 5) is 18.3. The molecule has 1 aliphatic heterocycles. The van der Waals surface area contributed by atoms with Gasteiger partial charge in [-0.3, -0.25) is 5.41 Å². The van der Waals surface area contributed by atoms with Crippen LogP contribution in [0.15, 0.2) is 53.4 Å². The number of halogens is 3. The minimum atomic E-state index is -4.83. The van der Waals surface area contributed by atoms with Crippen molar-refractivity contribution in [3.05, 3.63) is 59.7 Å². The fraction of sp³-hybridized carbons (Fsp3) is 0.364. The van der Waals surface area contributed by atoms with Crippen LogP contribution in [-0.2, 0) is 25.8 Å². The lowest BCUT2D eigenvalue weighted by atomic mass is 9.88. The van der Waals surface area contributed by atoms with Crippen molar-refractivity contribution < 1.29 is 36.3 Å². The van der Waals surface area contributed by atoms with Crippen molar-refractivity contribution in [2.24, 2.45) is 5.73 Å². The molecule has 1 saturated heterocycles. The first kappa shape index (κ1) is 26.4. The summed E-state index contributed by atoms with van der Waals surface area (Å²) in [5.74, 6) is -2.12. The molecule has 13 heteroatoms. The number of guanidine groups is 1. The second-order valence-corrected chi connectivity index (χ2v) is 10.2. The number of nitrogens with zero attached hydrogens (tertiary/aromatic N) is 2. The molecule has 2 aromatic carbocycles. The zero-order valence-electron chi connectivity index (χ0n) is 18.8. The molecule has 0 amide bonds. The molecule has 3 rings (SSSR count). The van der Waals surface area contributed by atoms with E-state index in [2.05, 4.69) is 0 Å². The number of carbonyl (C=O) groups is 1. The Bertz CT molecular complexity index is 1200. The van der Waals surface area contributed by atoms with Crippen LogP contribution < -0.4 is 9.79 Å². The van der Waals surface area contributed by atoms with Crippen LogP contribution in [0.1, 0.15) is 29.9 Å². The Balaban J connectivity index is 2.22. The van der Waals surface area contributed by atoms with Gasteiger partial charge in [-0.2, -0.15) is 26.4 Å². The maximum Gasteiger partial charge on any atom is 0.416 e. The van der Waals surface area contributed by atoms with E-state index in [0.29, 0.717) is 32.0 Å². The van der Waals surface area contributed by atoms with Gasteiger partial charge in [-0.15, -0.1) is 0 Å². The fourth-order valence-corrected chi connectivity index (χ4v) is 5.91. The fourth-order valence-electron chi connectivity index (χ4n) is 4.21. The molecular weight excluding hydrogens is 489 g/mol. The molecule has 2 aromatic rings. The van der Waals surface area contributed by atoms with E-state index in [1.165, 1.54) is 30.3 Å². The first-order chi connectivity index (χ1) is 16.3. The smallest absolute Gasteiger partial charge is 0.416 e. The topological polar surface area (TPSA) is 134 Å². The van der Waals surface area contributed by atoms with Crippen LogP contribution >= 0.6 is 0 Å². The lowest BCUT2D eigenvalue weighted by Gasteiger charge is -2.34. The van der Waals surface area contributed by atoms with E-state index in [9.17, 15) is 31.5 Å². The number of alkyl halides is 3. The number of benzene rings is 2. The highest BCUT2D eigenvalue weighted by Crippen LogP contribution is 2.41. The molecule has 0 radical (unpaired) electrons. The number of likely N-dealkylation sites (tertiary alicyclic amines) is 1. The van der Waals surface area contributed by atoms with Crippen LogP contribution in [0.5, 0.6) is 0 Å². The van der Waals surface area contributed by atoms with Gasteiger partial charge < -0.3 is 15.7 Å². The molecule has 190 valence electrons. The minimum absolute atomic E-state index is 0.140. The number of hydroxylamine groups is 1. The maximum absolute atomic E-state index is 13.9. The average Bonchev–Trinajstić information content (AvgIpc) is 2.82. The van der Waals surface area contributed by atoms with E-state index >= 15 is 0 Å². The number of hydrogen-bond acceptors (Lipinski definition) is 5. The van der Waals surface area contributed by atoms with Crippen molar-refractivity contribution in [3.63, 3.8) is 0 Å². The molecule has 1 fully saturated rings. The summed E-state index contributed by atoms with van der Waals surface area (Å²) in [5, 5.41) is 17.1. The van der Waals surface area contributed by atoms with Gasteiger partial charge >= 0.3 is 22.2 Å². The Morgan fingerprint density at radius 3 is 2.29 bits per heavy atom. The SMILES string of the molecule is CO[N+](CC(=O)O)(c1cc(C2CCN(C(=N)N)CC2)cc(C(F)(F)F)c1)S(=O)(=O)c1ccccc1. The van der Waals surface area contributed by atoms with Crippen molar-refractivity contribution in [1.29, 1.82) is 5.41 Å². The molecule has 1 unspecified atom stereocenters. The van der Waals surface area contributed by atoms with Gasteiger partial charge in [-0.25, -0.2) is 4.79 Å². The number of carboxylic acids is 1. The quantitative estimate of drug-likeness (QED) is 0.223. The third-order valence-electron chi connectivity index (χ3n) is 6.04. The molecule has 0 saturated carbocycles. The molecule has 1 aliphatic rings. The van der Waals surface area contributed by atoms with Crippen LogP contribution in [0, 0.1) is 5.41 Å². The monoisotopic (exact) mass is 515 g/mol. The van der Waals surface area contributed by atoms with E-state index in [1.54, 1.807) is 11.0 Å². The summed E-state index contributed by atoms with van der Waals surface area (Å²) in [6.45, 7) is -0.488. The van der Waals surface area contributed by atoms with Crippen LogP contribution in [0.25, 0.3) is 0 Å². The molecule has 0 bridgehead atoms. The summed E-state index contributed by atoms with van der Waals surface area (Å²) in [7, 11) is -3.74. The number of aliphatic carboxylic acids is 1. The summed E-state index contributed by atoms with van der Waals surface area (Å²) in [6.07, 6.45) is -4.08. The predicted octanol–water partition coefficient (Wildman–Crippen LogP) is 3.12. The van der Waals surface area contributed by atoms with Crippen LogP contribution in [0.4, 0.5) is 18.9 Å². The van der Waals surface area contributed by atoms with Gasteiger partial charge in [0, 0.05) is 25.2 Å². The van der Waals surface area contributed by atoms with Gasteiger partial charge in [0.15, 0.2) is 11.6 Å². The maximum atomic E-state index is 13.9. The highest BCUT2D eigenvalue weighted by atomic mass is 32.2. The highest BCUT2D eigenvalue weighted by molar-refractivity contribution is 7.90. The van der Waals surface area contributed by atoms with Crippen molar-refractivity contribution in [2.45, 2.75) is 29.8 Å². The number of nitrogens with one attached hydrogen (secondary N) is 1. The summed E-state index contributed by atoms with van der Waals surface area (Å²) < 4.78 is 67.3. The Hall–Kier alpha value is -3.16. The Kier molecular flexibility index (Phi) is 7.43. The number of sulfonamides is 1. The highest BCUT2D eigenvalue weighted by Gasteiger charge is 2.51. The van der Waals surface area contributed by atoms with Crippen LogP contribution in [-0.4, -0.2) is 57.1 Å². The first-order valence-electron chi connectivity index (χ1n) is 10.6. The third-order valence-corrected chi connectivity index (χ3v) is 8.17. The second-order valence-electron chi connectivity index (χ2n) is 8.15. The van der Waals surface area contributed by atoms with Crippen molar-refractivity contribution in [3.8, 4) is 0 Å². The van der Waals surface area contributed by atoms with Crippen molar-refractivity contribution >= 4 is 27.6 Å². The van der Waals surface area contributed by atoms with E-state index in [1.807, 2.05) is 0 Å². The van der Waals surface area contributed by atoms with Crippen LogP contribution in [0.2, 0.25) is 0 Å². The number of quaternary nitrogens is 1. The Morgan fingerprint density at radius 2 is 1.80 bits per heavy atom. The molecule has 0 aromatic heterocycles. The summed E-state index contributed by atoms with van der Waals surface area (Å²) in [6, 6.07) is 9.63. The normalized spacial score (nSPS) is 17.1. The standard InChI is InChI=1S/C22H25F3N4O5S/c1-34-29(14-20(30)31,35(32,33)19-5-3-2-4-6-19)18-12-16(11-17(13-18)22(23,24)25)15-7-9-28(10-8-15)21(26)27/h2-6,11-13,15H,7-10,14H2,1H3,(H3-,26,27,30,31)/p+1. The largest absolute Gasteiger partial charge is 0.477 e. The zero-order chi connectivity index (χ0) is 26.0. The average molecular weight is 516 g/mol. The second kappa shape index (κ2) is 9.84. The van der Waals surface area contributed by atoms with Crippen molar-refractivity contribution in [2.75, 3.05) is 26.7 Å². The van der Waals surface area contributed by atoms with Crippen LogP contribution in [0.3, 0.4) is 0 Å². The van der Waals surface area contributed by atoms with E-state index < -0.39 is 49.9 Å². The molecule has 1 heterocycles. The Labute approximate surface area is 200 Å². The van der Waals surface area contributed by atoms with Gasteiger partial charge in [0.1, 0.15) is 4.90 Å². The van der Waals surface area contributed by atoms with Gasteiger partial charge in [0.25, 0.3) is 0 Å². The molecule has 0 spiro atoms. The number of piperidine rings is 1. The first-order valence-corrected chi connectivity index (χ1v) is 12.0. The molecule has 1 atom stereocenters. The van der Waals surface area contributed by atoms with Gasteiger partial charge in [0.05, 0.1) is 12.7 Å². The van der Waals surface area contributed by atoms with E-state index in [0.717, 1.165) is 13.2 Å². The van der Waals surface area contributed by atoms with E-state index in [4.69, 9.17) is 16.0 Å². The number of carboxylic acid groups (broad SMARTS) is 1. The van der Waals surface area contributed by atoms with Crippen molar-refractivity contribution in [1.82, 2.24) is 8.95 Å². The molecule has 0 aliphatic carbocycles. The molecule has 9 nitrogen and oxygen atoms in total. The summed E-state index contributed by atoms with van der Waals surface area (Å²) >= 11 is 0. The lowest BCUT2D eigenvalue weighted by molar-refractivity contribution is -0.144. The summed E-state index contributed by atoms with van der Waals surface area (Å²) in [5.41, 5.74) is 4.11. The molecule has 35 heavy (non-hydrogen) atoms. The molecule has 4 N–H and O–H groups in total. The lowest BCUT2D eigenvalue weighted by Crippen LogP contribution is -2.56. The number of nitrogens with two attached hydrogens (primary N) is 1. The minimum Gasteiger partial charge on any atom is -0.477 e. The molecular formula is C22H26F3N4O5S+. The predicted molar refractivity (Wildman–Crippen MR) is 122 cm³/mol. The zero-order valence-corrected chi connectivity index (χ0v) is 19.6. The van der Waals surface area contributed by atoms with Gasteiger partial charge in [0.2, 0.25) is 6.54 Å². The third kappa shape index (κ3) is 5.26. The van der Waals surface area contributed by atoms with Gasteiger partial charge in [-0.05, 0) is 46.6 Å². The van der Waals surface area contributed by atoms with E-state index in [-0.39, 0.29) is 16.4 Å².